The number of alkyl carbamates (subject to hydrolysis) is 1. The molecule has 1 aliphatic heterocycles. The number of carbonyl (C=O) groups is 5. The second-order valence-electron chi connectivity index (χ2n) is 9.62. The van der Waals surface area contributed by atoms with Crippen molar-refractivity contribution in [3.63, 3.8) is 0 Å². The summed E-state index contributed by atoms with van der Waals surface area (Å²) in [5, 5.41) is 10.6. The zero-order valence-electron chi connectivity index (χ0n) is 19.6. The lowest BCUT2D eigenvalue weighted by Gasteiger charge is -2.23. The molecule has 4 amide bonds. The number of ether oxygens (including phenoxy) is 1. The van der Waals surface area contributed by atoms with Crippen molar-refractivity contribution >= 4 is 29.6 Å². The maximum atomic E-state index is 13.2. The molecule has 0 bridgehead atoms. The Bertz CT molecular complexity index is 960. The van der Waals surface area contributed by atoms with E-state index in [9.17, 15) is 24.0 Å². The van der Waals surface area contributed by atoms with E-state index in [-0.39, 0.29) is 25.0 Å². The van der Waals surface area contributed by atoms with E-state index in [0.717, 1.165) is 31.2 Å². The van der Waals surface area contributed by atoms with Crippen LogP contribution < -0.4 is 21.3 Å². The van der Waals surface area contributed by atoms with Crippen molar-refractivity contribution in [2.45, 2.75) is 69.7 Å². The molecular formula is C25H32N4O6. The van der Waals surface area contributed by atoms with Gasteiger partial charge in [-0.2, -0.15) is 0 Å². The Labute approximate surface area is 203 Å². The molecule has 0 spiro atoms. The van der Waals surface area contributed by atoms with Gasteiger partial charge in [0.2, 0.25) is 17.6 Å². The average Bonchev–Trinajstić information content (AvgIpc) is 3.78. The monoisotopic (exact) mass is 484 g/mol. The van der Waals surface area contributed by atoms with Crippen molar-refractivity contribution in [2.24, 2.45) is 11.8 Å². The molecule has 3 fully saturated rings. The SMILES string of the molecule is O=C(N[C@@H](CC1CC1)C(=O)NC(C[C@@H]1CCNC1=O)C(=O)C(=O)NC1CC1)OCc1ccccc1. The van der Waals surface area contributed by atoms with Crippen molar-refractivity contribution in [1.82, 2.24) is 21.3 Å². The molecule has 2 aliphatic carbocycles. The van der Waals surface area contributed by atoms with E-state index in [1.54, 1.807) is 0 Å². The van der Waals surface area contributed by atoms with E-state index in [2.05, 4.69) is 21.3 Å². The molecule has 1 saturated heterocycles. The highest BCUT2D eigenvalue weighted by Gasteiger charge is 2.38. The van der Waals surface area contributed by atoms with Gasteiger partial charge in [0.15, 0.2) is 0 Å². The number of ketones is 1. The molecular weight excluding hydrogens is 452 g/mol. The molecule has 1 aromatic carbocycles. The van der Waals surface area contributed by atoms with Gasteiger partial charge in [-0.05, 0) is 43.6 Å². The number of amides is 4. The molecule has 188 valence electrons. The summed E-state index contributed by atoms with van der Waals surface area (Å²) in [4.78, 5) is 63.0. The summed E-state index contributed by atoms with van der Waals surface area (Å²) in [6, 6.07) is 7.10. The summed E-state index contributed by atoms with van der Waals surface area (Å²) in [6.45, 7) is 0.551. The minimum Gasteiger partial charge on any atom is -0.445 e. The zero-order valence-corrected chi connectivity index (χ0v) is 19.6. The fraction of sp³-hybridized carbons (Fsp3) is 0.560. The molecule has 0 radical (unpaired) electrons. The van der Waals surface area contributed by atoms with E-state index < -0.39 is 41.7 Å². The number of nitrogens with one attached hydrogen (secondary N) is 4. The van der Waals surface area contributed by atoms with Crippen LogP contribution >= 0.6 is 0 Å². The number of hydrogen-bond acceptors (Lipinski definition) is 6. The lowest BCUT2D eigenvalue weighted by Crippen LogP contribution is -2.54. The van der Waals surface area contributed by atoms with Crippen LogP contribution in [-0.4, -0.2) is 54.3 Å². The maximum Gasteiger partial charge on any atom is 0.408 e. The zero-order chi connectivity index (χ0) is 24.8. The number of hydrogen-bond donors (Lipinski definition) is 4. The van der Waals surface area contributed by atoms with E-state index in [4.69, 9.17) is 4.74 Å². The Morgan fingerprint density at radius 3 is 2.31 bits per heavy atom. The van der Waals surface area contributed by atoms with Crippen LogP contribution in [0.25, 0.3) is 0 Å². The molecule has 1 heterocycles. The van der Waals surface area contributed by atoms with Crippen molar-refractivity contribution in [2.75, 3.05) is 6.54 Å². The smallest absolute Gasteiger partial charge is 0.408 e. The van der Waals surface area contributed by atoms with Gasteiger partial charge in [-0.3, -0.25) is 19.2 Å². The highest BCUT2D eigenvalue weighted by Crippen LogP contribution is 2.33. The first-order valence-electron chi connectivity index (χ1n) is 12.3. The fourth-order valence-electron chi connectivity index (χ4n) is 4.13. The molecule has 4 N–H and O–H groups in total. The molecule has 1 unspecified atom stereocenters. The third-order valence-corrected chi connectivity index (χ3v) is 6.54. The Balaban J connectivity index is 1.38. The first-order chi connectivity index (χ1) is 16.9. The minimum absolute atomic E-state index is 0.0127. The first-order valence-corrected chi connectivity index (χ1v) is 12.3. The number of rotatable bonds is 12. The standard InChI is InChI=1S/C25H32N4O6/c30-21(24(33)27-18-8-9-18)19(13-17-10-11-26-22(17)31)28-23(32)20(12-15-6-7-15)29-25(34)35-14-16-4-2-1-3-5-16/h1-5,15,17-20H,6-14H2,(H,26,31)(H,27,33)(H,28,32)(H,29,34)/t17-,19?,20-/m0/s1. The van der Waals surface area contributed by atoms with Gasteiger partial charge in [0.1, 0.15) is 12.6 Å². The second kappa shape index (κ2) is 11.3. The highest BCUT2D eigenvalue weighted by molar-refractivity contribution is 6.38. The first kappa shape index (κ1) is 24.7. The quantitative estimate of drug-likeness (QED) is 0.325. The van der Waals surface area contributed by atoms with Crippen LogP contribution in [0.15, 0.2) is 30.3 Å². The highest BCUT2D eigenvalue weighted by atomic mass is 16.5. The van der Waals surface area contributed by atoms with Gasteiger partial charge in [0, 0.05) is 18.5 Å². The van der Waals surface area contributed by atoms with Gasteiger partial charge in [0.25, 0.3) is 5.91 Å². The van der Waals surface area contributed by atoms with Gasteiger partial charge in [-0.1, -0.05) is 43.2 Å². The second-order valence-corrected chi connectivity index (χ2v) is 9.62. The average molecular weight is 485 g/mol. The van der Waals surface area contributed by atoms with Crippen molar-refractivity contribution < 1.29 is 28.7 Å². The van der Waals surface area contributed by atoms with E-state index >= 15 is 0 Å². The van der Waals surface area contributed by atoms with Gasteiger partial charge in [0.05, 0.1) is 6.04 Å². The van der Waals surface area contributed by atoms with Crippen LogP contribution in [-0.2, 0) is 30.5 Å². The maximum absolute atomic E-state index is 13.2. The number of Topliss-reactive ketones (excluding diaryl/α,β-unsaturated/α-hetero) is 1. The van der Waals surface area contributed by atoms with Crippen molar-refractivity contribution in [1.29, 1.82) is 0 Å². The molecule has 2 saturated carbocycles. The molecule has 1 aromatic rings. The van der Waals surface area contributed by atoms with Crippen LogP contribution in [0, 0.1) is 11.8 Å². The summed E-state index contributed by atoms with van der Waals surface area (Å²) in [5.74, 6) is -2.47. The predicted molar refractivity (Wildman–Crippen MR) is 125 cm³/mol. The van der Waals surface area contributed by atoms with Gasteiger partial charge in [-0.15, -0.1) is 0 Å². The largest absolute Gasteiger partial charge is 0.445 e. The van der Waals surface area contributed by atoms with Crippen LogP contribution in [0.1, 0.15) is 50.5 Å². The Morgan fingerprint density at radius 1 is 0.943 bits per heavy atom. The molecule has 10 heteroatoms. The van der Waals surface area contributed by atoms with E-state index in [1.807, 2.05) is 30.3 Å². The lowest BCUT2D eigenvalue weighted by atomic mass is 9.95. The van der Waals surface area contributed by atoms with Crippen molar-refractivity contribution in [3.05, 3.63) is 35.9 Å². The molecule has 0 aromatic heterocycles. The third kappa shape index (κ3) is 7.53. The Hall–Kier alpha value is -3.43. The van der Waals surface area contributed by atoms with E-state index in [1.165, 1.54) is 0 Å². The molecule has 3 atom stereocenters. The Kier molecular flexibility index (Phi) is 7.99. The summed E-state index contributed by atoms with van der Waals surface area (Å²) in [6.07, 6.45) is 3.78. The van der Waals surface area contributed by atoms with E-state index in [0.29, 0.717) is 25.3 Å². The topological polar surface area (TPSA) is 143 Å². The predicted octanol–water partition coefficient (Wildman–Crippen LogP) is 0.940. The lowest BCUT2D eigenvalue weighted by molar-refractivity contribution is -0.141. The minimum atomic E-state index is -1.15. The van der Waals surface area contributed by atoms with Crippen molar-refractivity contribution in [3.8, 4) is 0 Å². The van der Waals surface area contributed by atoms with Gasteiger partial charge < -0.3 is 26.0 Å². The number of carbonyl (C=O) groups excluding carboxylic acids is 5. The third-order valence-electron chi connectivity index (χ3n) is 6.54. The Morgan fingerprint density at radius 2 is 1.69 bits per heavy atom. The van der Waals surface area contributed by atoms with Crippen LogP contribution in [0.4, 0.5) is 4.79 Å². The summed E-state index contributed by atoms with van der Waals surface area (Å²) >= 11 is 0. The summed E-state index contributed by atoms with van der Waals surface area (Å²) < 4.78 is 5.26. The van der Waals surface area contributed by atoms with Gasteiger partial charge >= 0.3 is 6.09 Å². The summed E-state index contributed by atoms with van der Waals surface area (Å²) in [7, 11) is 0. The molecule has 10 nitrogen and oxygen atoms in total. The molecule has 4 rings (SSSR count). The molecule has 35 heavy (non-hydrogen) atoms. The van der Waals surface area contributed by atoms with Crippen LogP contribution in [0.5, 0.6) is 0 Å². The normalized spacial score (nSPS) is 20.8. The summed E-state index contributed by atoms with van der Waals surface area (Å²) in [5.41, 5.74) is 0.813. The molecule has 3 aliphatic rings. The number of benzene rings is 1. The fourth-order valence-corrected chi connectivity index (χ4v) is 4.13. The van der Waals surface area contributed by atoms with Crippen LogP contribution in [0.2, 0.25) is 0 Å². The van der Waals surface area contributed by atoms with Gasteiger partial charge in [-0.25, -0.2) is 4.79 Å². The van der Waals surface area contributed by atoms with Crippen LogP contribution in [0.3, 0.4) is 0 Å².